The maximum atomic E-state index is 13.9. The molecule has 0 saturated heterocycles. The molecule has 112 valence electrons. The lowest BCUT2D eigenvalue weighted by Crippen LogP contribution is -2.10. The minimum Gasteiger partial charge on any atom is -0.497 e. The second-order valence-corrected chi connectivity index (χ2v) is 4.91. The number of methoxy groups -OCH3 is 2. The number of hydrogen-bond donors (Lipinski definition) is 1. The molecular formula is C17H20FNO2. The Hall–Kier alpha value is -2.23. The normalized spacial score (nSPS) is 11.9. The molecule has 2 aromatic rings. The van der Waals surface area contributed by atoms with Gasteiger partial charge >= 0.3 is 0 Å². The minimum atomic E-state index is -0.255. The van der Waals surface area contributed by atoms with Gasteiger partial charge in [-0.3, -0.25) is 0 Å². The molecule has 0 amide bonds. The Balaban J connectivity index is 2.30. The number of hydrogen-bond acceptors (Lipinski definition) is 3. The van der Waals surface area contributed by atoms with E-state index in [1.54, 1.807) is 20.3 Å². The Morgan fingerprint density at radius 1 is 1.10 bits per heavy atom. The van der Waals surface area contributed by atoms with Crippen molar-refractivity contribution < 1.29 is 13.9 Å². The van der Waals surface area contributed by atoms with Gasteiger partial charge in [-0.25, -0.2) is 4.39 Å². The third-order valence-electron chi connectivity index (χ3n) is 3.49. The molecule has 0 fully saturated rings. The molecule has 0 spiro atoms. The van der Waals surface area contributed by atoms with Crippen LogP contribution in [0.3, 0.4) is 0 Å². The Labute approximate surface area is 124 Å². The molecule has 21 heavy (non-hydrogen) atoms. The summed E-state index contributed by atoms with van der Waals surface area (Å²) in [5.41, 5.74) is 2.33. The first-order chi connectivity index (χ1) is 10.1. The molecule has 1 N–H and O–H groups in total. The molecule has 0 bridgehead atoms. The molecule has 0 aliphatic rings. The van der Waals surface area contributed by atoms with Crippen LogP contribution in [0.1, 0.15) is 24.1 Å². The van der Waals surface area contributed by atoms with Crippen LogP contribution in [-0.2, 0) is 0 Å². The number of para-hydroxylation sites is 1. The van der Waals surface area contributed by atoms with Crippen LogP contribution in [0.5, 0.6) is 11.5 Å². The van der Waals surface area contributed by atoms with Crippen LogP contribution < -0.4 is 14.8 Å². The number of rotatable bonds is 5. The maximum absolute atomic E-state index is 13.9. The maximum Gasteiger partial charge on any atom is 0.146 e. The Morgan fingerprint density at radius 3 is 2.48 bits per heavy atom. The van der Waals surface area contributed by atoms with Crippen LogP contribution in [-0.4, -0.2) is 14.2 Å². The van der Waals surface area contributed by atoms with Gasteiger partial charge in [0.2, 0.25) is 0 Å². The van der Waals surface area contributed by atoms with Crippen molar-refractivity contribution in [1.29, 1.82) is 0 Å². The zero-order valence-electron chi connectivity index (χ0n) is 12.7. The first-order valence-electron chi connectivity index (χ1n) is 6.80. The Bertz CT molecular complexity index is 608. The summed E-state index contributed by atoms with van der Waals surface area (Å²) >= 11 is 0. The zero-order valence-corrected chi connectivity index (χ0v) is 12.7. The van der Waals surface area contributed by atoms with Crippen LogP contribution in [0.4, 0.5) is 10.1 Å². The van der Waals surface area contributed by atoms with Gasteiger partial charge in [0.15, 0.2) is 0 Å². The molecule has 2 aromatic carbocycles. The van der Waals surface area contributed by atoms with E-state index in [-0.39, 0.29) is 11.9 Å². The lowest BCUT2D eigenvalue weighted by molar-refractivity contribution is 0.390. The van der Waals surface area contributed by atoms with E-state index >= 15 is 0 Å². The van der Waals surface area contributed by atoms with Crippen molar-refractivity contribution >= 4 is 5.69 Å². The van der Waals surface area contributed by atoms with E-state index in [9.17, 15) is 4.39 Å². The van der Waals surface area contributed by atoms with Gasteiger partial charge in [0.05, 0.1) is 25.9 Å². The van der Waals surface area contributed by atoms with Crippen LogP contribution in [0.25, 0.3) is 0 Å². The highest BCUT2D eigenvalue weighted by molar-refractivity contribution is 5.54. The predicted molar refractivity (Wildman–Crippen MR) is 82.7 cm³/mol. The Kier molecular flexibility index (Phi) is 4.68. The Morgan fingerprint density at radius 2 is 1.86 bits per heavy atom. The second kappa shape index (κ2) is 6.48. The third-order valence-corrected chi connectivity index (χ3v) is 3.49. The number of halogens is 1. The monoisotopic (exact) mass is 289 g/mol. The van der Waals surface area contributed by atoms with Gasteiger partial charge in [0.1, 0.15) is 17.3 Å². The van der Waals surface area contributed by atoms with Crippen LogP contribution in [0, 0.1) is 12.7 Å². The van der Waals surface area contributed by atoms with Gasteiger partial charge in [0, 0.05) is 11.6 Å². The predicted octanol–water partition coefficient (Wildman–Crippen LogP) is 4.32. The van der Waals surface area contributed by atoms with Crippen molar-refractivity contribution in [3.05, 3.63) is 53.3 Å². The standard InChI is InChI=1S/C17H20FNO2/c1-11-6-5-7-15(18)17(11)19-12(2)14-9-8-13(20-3)10-16(14)21-4/h5-10,12,19H,1-4H3. The van der Waals surface area contributed by atoms with Crippen LogP contribution in [0.2, 0.25) is 0 Å². The molecule has 0 saturated carbocycles. The van der Waals surface area contributed by atoms with Crippen molar-refractivity contribution in [2.75, 3.05) is 19.5 Å². The summed E-state index contributed by atoms with van der Waals surface area (Å²) in [5.74, 6) is 1.18. The second-order valence-electron chi connectivity index (χ2n) is 4.91. The van der Waals surface area contributed by atoms with E-state index in [1.807, 2.05) is 38.1 Å². The fraction of sp³-hybridized carbons (Fsp3) is 0.294. The topological polar surface area (TPSA) is 30.5 Å². The number of aryl methyl sites for hydroxylation is 1. The van der Waals surface area contributed by atoms with E-state index in [1.165, 1.54) is 6.07 Å². The molecule has 0 aliphatic heterocycles. The first-order valence-corrected chi connectivity index (χ1v) is 6.80. The highest BCUT2D eigenvalue weighted by Crippen LogP contribution is 2.32. The molecular weight excluding hydrogens is 269 g/mol. The average molecular weight is 289 g/mol. The fourth-order valence-corrected chi connectivity index (χ4v) is 2.29. The summed E-state index contributed by atoms with van der Waals surface area (Å²) in [4.78, 5) is 0. The minimum absolute atomic E-state index is 0.0959. The van der Waals surface area contributed by atoms with Gasteiger partial charge in [-0.05, 0) is 37.6 Å². The summed E-state index contributed by atoms with van der Waals surface area (Å²) in [5, 5.41) is 3.21. The molecule has 3 nitrogen and oxygen atoms in total. The van der Waals surface area contributed by atoms with Crippen LogP contribution in [0.15, 0.2) is 36.4 Å². The van der Waals surface area contributed by atoms with E-state index < -0.39 is 0 Å². The molecule has 4 heteroatoms. The summed E-state index contributed by atoms with van der Waals surface area (Å²) < 4.78 is 24.5. The van der Waals surface area contributed by atoms with Gasteiger partial charge in [-0.15, -0.1) is 0 Å². The molecule has 2 rings (SSSR count). The first kappa shape index (κ1) is 15.2. The quantitative estimate of drug-likeness (QED) is 0.889. The summed E-state index contributed by atoms with van der Waals surface area (Å²) in [7, 11) is 3.22. The van der Waals surface area contributed by atoms with Gasteiger partial charge in [0.25, 0.3) is 0 Å². The number of nitrogens with one attached hydrogen (secondary N) is 1. The summed E-state index contributed by atoms with van der Waals surface area (Å²) in [6.07, 6.45) is 0. The van der Waals surface area contributed by atoms with E-state index in [0.29, 0.717) is 11.4 Å². The lowest BCUT2D eigenvalue weighted by atomic mass is 10.1. The molecule has 0 heterocycles. The highest BCUT2D eigenvalue weighted by atomic mass is 19.1. The molecule has 0 radical (unpaired) electrons. The lowest BCUT2D eigenvalue weighted by Gasteiger charge is -2.20. The van der Waals surface area contributed by atoms with Crippen molar-refractivity contribution in [1.82, 2.24) is 0 Å². The summed E-state index contributed by atoms with van der Waals surface area (Å²) in [6.45, 7) is 3.85. The summed E-state index contributed by atoms with van der Waals surface area (Å²) in [6, 6.07) is 10.5. The van der Waals surface area contributed by atoms with E-state index in [0.717, 1.165) is 16.9 Å². The smallest absolute Gasteiger partial charge is 0.146 e. The average Bonchev–Trinajstić information content (AvgIpc) is 2.50. The van der Waals surface area contributed by atoms with Gasteiger partial charge < -0.3 is 14.8 Å². The zero-order chi connectivity index (χ0) is 15.4. The van der Waals surface area contributed by atoms with E-state index in [2.05, 4.69) is 5.32 Å². The fourth-order valence-electron chi connectivity index (χ4n) is 2.29. The van der Waals surface area contributed by atoms with Crippen molar-refractivity contribution in [3.8, 4) is 11.5 Å². The molecule has 0 aliphatic carbocycles. The van der Waals surface area contributed by atoms with Crippen LogP contribution >= 0.6 is 0 Å². The third kappa shape index (κ3) is 3.27. The number of ether oxygens (including phenoxy) is 2. The van der Waals surface area contributed by atoms with E-state index in [4.69, 9.17) is 9.47 Å². The number of benzene rings is 2. The van der Waals surface area contributed by atoms with Gasteiger partial charge in [-0.1, -0.05) is 12.1 Å². The van der Waals surface area contributed by atoms with Crippen molar-refractivity contribution in [2.45, 2.75) is 19.9 Å². The van der Waals surface area contributed by atoms with Gasteiger partial charge in [-0.2, -0.15) is 0 Å². The molecule has 1 unspecified atom stereocenters. The molecule has 0 aromatic heterocycles. The molecule has 1 atom stereocenters. The van der Waals surface area contributed by atoms with Crippen molar-refractivity contribution in [3.63, 3.8) is 0 Å². The van der Waals surface area contributed by atoms with Crippen molar-refractivity contribution in [2.24, 2.45) is 0 Å². The highest BCUT2D eigenvalue weighted by Gasteiger charge is 2.15. The SMILES string of the molecule is COc1ccc(C(C)Nc2c(C)cccc2F)c(OC)c1. The number of anilines is 1. The largest absolute Gasteiger partial charge is 0.497 e.